The first-order chi connectivity index (χ1) is 12.5. The van der Waals surface area contributed by atoms with Crippen LogP contribution in [-0.2, 0) is 11.3 Å². The average molecular weight is 356 g/mol. The van der Waals surface area contributed by atoms with Crippen LogP contribution in [0.1, 0.15) is 32.8 Å². The molecule has 0 atom stereocenters. The molecular weight excluding hydrogens is 328 g/mol. The molecule has 0 radical (unpaired) electrons. The van der Waals surface area contributed by atoms with Gasteiger partial charge in [0.25, 0.3) is 5.91 Å². The number of anilines is 1. The molecule has 0 bridgehead atoms. The summed E-state index contributed by atoms with van der Waals surface area (Å²) in [6.07, 6.45) is 3.00. The molecule has 0 spiro atoms. The number of carbonyl (C=O) groups is 1. The lowest BCUT2D eigenvalue weighted by atomic mass is 10.0. The molecule has 2 heterocycles. The number of fused-ring (bicyclic) bond motifs is 1. The molecule has 6 nitrogen and oxygen atoms in total. The zero-order valence-electron chi connectivity index (χ0n) is 16.1. The van der Waals surface area contributed by atoms with Crippen LogP contribution in [0.15, 0.2) is 24.4 Å². The summed E-state index contributed by atoms with van der Waals surface area (Å²) < 4.78 is 5.62. The Hall–Kier alpha value is -2.34. The van der Waals surface area contributed by atoms with Crippen molar-refractivity contribution >= 4 is 11.6 Å². The van der Waals surface area contributed by atoms with Crippen molar-refractivity contribution in [3.63, 3.8) is 0 Å². The van der Waals surface area contributed by atoms with Crippen molar-refractivity contribution in [3.8, 4) is 17.0 Å². The van der Waals surface area contributed by atoms with Crippen LogP contribution in [0.5, 0.6) is 5.75 Å². The van der Waals surface area contributed by atoms with Crippen LogP contribution in [0.25, 0.3) is 11.3 Å². The maximum Gasteiger partial charge on any atom is 0.265 e. The van der Waals surface area contributed by atoms with Crippen LogP contribution in [0.2, 0.25) is 0 Å². The SMILES string of the molecule is CCCN(C)Cc1cn[nH]c1-c1ccc2c(c1)N(CC(C)C)C(=O)CO2. The summed E-state index contributed by atoms with van der Waals surface area (Å²) >= 11 is 0. The Kier molecular flexibility index (Phi) is 5.61. The quantitative estimate of drug-likeness (QED) is 0.827. The summed E-state index contributed by atoms with van der Waals surface area (Å²) in [6.45, 7) is 9.08. The Morgan fingerprint density at radius 2 is 2.19 bits per heavy atom. The molecule has 0 unspecified atom stereocenters. The van der Waals surface area contributed by atoms with Gasteiger partial charge in [0, 0.05) is 24.2 Å². The molecule has 1 amide bonds. The van der Waals surface area contributed by atoms with E-state index in [1.807, 2.05) is 29.3 Å². The number of hydrogen-bond donors (Lipinski definition) is 1. The van der Waals surface area contributed by atoms with Gasteiger partial charge in [0.15, 0.2) is 6.61 Å². The maximum atomic E-state index is 12.3. The highest BCUT2D eigenvalue weighted by atomic mass is 16.5. The highest BCUT2D eigenvalue weighted by Crippen LogP contribution is 2.36. The van der Waals surface area contributed by atoms with E-state index in [-0.39, 0.29) is 12.5 Å². The van der Waals surface area contributed by atoms with Gasteiger partial charge < -0.3 is 14.5 Å². The molecule has 140 valence electrons. The summed E-state index contributed by atoms with van der Waals surface area (Å²) in [5.74, 6) is 1.16. The van der Waals surface area contributed by atoms with E-state index >= 15 is 0 Å². The van der Waals surface area contributed by atoms with Crippen LogP contribution in [-0.4, -0.2) is 47.7 Å². The molecular formula is C20H28N4O2. The number of amides is 1. The molecule has 3 rings (SSSR count). The van der Waals surface area contributed by atoms with E-state index in [1.165, 1.54) is 0 Å². The largest absolute Gasteiger partial charge is 0.482 e. The lowest BCUT2D eigenvalue weighted by Crippen LogP contribution is -2.40. The van der Waals surface area contributed by atoms with Gasteiger partial charge in [0.05, 0.1) is 17.6 Å². The Balaban J connectivity index is 1.93. The van der Waals surface area contributed by atoms with Crippen molar-refractivity contribution in [1.29, 1.82) is 0 Å². The summed E-state index contributed by atoms with van der Waals surface area (Å²) in [7, 11) is 2.12. The van der Waals surface area contributed by atoms with E-state index in [2.05, 4.69) is 42.9 Å². The van der Waals surface area contributed by atoms with Gasteiger partial charge in [-0.1, -0.05) is 20.8 Å². The molecule has 0 saturated carbocycles. The van der Waals surface area contributed by atoms with Gasteiger partial charge >= 0.3 is 0 Å². The van der Waals surface area contributed by atoms with Gasteiger partial charge in [0.2, 0.25) is 0 Å². The third-order valence-corrected chi connectivity index (χ3v) is 4.50. The van der Waals surface area contributed by atoms with Gasteiger partial charge in [-0.25, -0.2) is 0 Å². The molecule has 6 heteroatoms. The van der Waals surface area contributed by atoms with Crippen molar-refractivity contribution in [2.75, 3.05) is 31.6 Å². The van der Waals surface area contributed by atoms with Crippen molar-refractivity contribution in [2.45, 2.75) is 33.7 Å². The van der Waals surface area contributed by atoms with Crippen molar-refractivity contribution < 1.29 is 9.53 Å². The first-order valence-corrected chi connectivity index (χ1v) is 9.28. The lowest BCUT2D eigenvalue weighted by molar-refractivity contribution is -0.121. The van der Waals surface area contributed by atoms with Gasteiger partial charge in [-0.3, -0.25) is 9.89 Å². The summed E-state index contributed by atoms with van der Waals surface area (Å²) in [6, 6.07) is 6.01. The van der Waals surface area contributed by atoms with Gasteiger partial charge in [0.1, 0.15) is 5.75 Å². The molecule has 0 fully saturated rings. The number of nitrogens with one attached hydrogen (secondary N) is 1. The topological polar surface area (TPSA) is 61.5 Å². The number of rotatable bonds is 7. The molecule has 0 aliphatic carbocycles. The number of H-pyrrole nitrogens is 1. The predicted octanol–water partition coefficient (Wildman–Crippen LogP) is 3.30. The first-order valence-electron chi connectivity index (χ1n) is 9.28. The van der Waals surface area contributed by atoms with Gasteiger partial charge in [-0.15, -0.1) is 0 Å². The number of hydrogen-bond acceptors (Lipinski definition) is 4. The van der Waals surface area contributed by atoms with Crippen LogP contribution >= 0.6 is 0 Å². The fourth-order valence-electron chi connectivity index (χ4n) is 3.36. The molecule has 2 aromatic rings. The van der Waals surface area contributed by atoms with Crippen LogP contribution < -0.4 is 9.64 Å². The monoisotopic (exact) mass is 356 g/mol. The normalized spacial score (nSPS) is 14.1. The third kappa shape index (κ3) is 3.90. The van der Waals surface area contributed by atoms with E-state index in [0.29, 0.717) is 12.5 Å². The summed E-state index contributed by atoms with van der Waals surface area (Å²) in [5.41, 5.74) is 4.01. The number of benzene rings is 1. The van der Waals surface area contributed by atoms with Crippen molar-refractivity contribution in [1.82, 2.24) is 15.1 Å². The average Bonchev–Trinajstić information content (AvgIpc) is 3.05. The highest BCUT2D eigenvalue weighted by molar-refractivity contribution is 5.98. The van der Waals surface area contributed by atoms with E-state index in [4.69, 9.17) is 4.74 Å². The van der Waals surface area contributed by atoms with E-state index in [1.54, 1.807) is 0 Å². The van der Waals surface area contributed by atoms with Crippen LogP contribution in [0.4, 0.5) is 5.69 Å². The zero-order valence-corrected chi connectivity index (χ0v) is 16.1. The Morgan fingerprint density at radius 3 is 2.92 bits per heavy atom. The minimum absolute atomic E-state index is 0.0101. The zero-order chi connectivity index (χ0) is 18.7. The Bertz CT molecular complexity index is 769. The molecule has 1 aliphatic rings. The molecule has 26 heavy (non-hydrogen) atoms. The minimum atomic E-state index is 0.0101. The van der Waals surface area contributed by atoms with Gasteiger partial charge in [-0.2, -0.15) is 5.10 Å². The summed E-state index contributed by atoms with van der Waals surface area (Å²) in [4.78, 5) is 16.5. The molecule has 1 aliphatic heterocycles. The second kappa shape index (κ2) is 7.91. The van der Waals surface area contributed by atoms with E-state index in [0.717, 1.165) is 47.8 Å². The minimum Gasteiger partial charge on any atom is -0.482 e. The molecule has 1 N–H and O–H groups in total. The predicted molar refractivity (Wildman–Crippen MR) is 103 cm³/mol. The fraction of sp³-hybridized carbons (Fsp3) is 0.500. The third-order valence-electron chi connectivity index (χ3n) is 4.50. The van der Waals surface area contributed by atoms with Crippen molar-refractivity contribution in [3.05, 3.63) is 30.0 Å². The number of carbonyl (C=O) groups excluding carboxylic acids is 1. The Morgan fingerprint density at radius 1 is 1.38 bits per heavy atom. The second-order valence-corrected chi connectivity index (χ2v) is 7.38. The first kappa shape index (κ1) is 18.5. The summed E-state index contributed by atoms with van der Waals surface area (Å²) in [5, 5.41) is 7.36. The van der Waals surface area contributed by atoms with Crippen LogP contribution in [0.3, 0.4) is 0 Å². The van der Waals surface area contributed by atoms with E-state index in [9.17, 15) is 4.79 Å². The molecule has 1 aromatic heterocycles. The number of aromatic amines is 1. The second-order valence-electron chi connectivity index (χ2n) is 7.38. The van der Waals surface area contributed by atoms with Crippen LogP contribution in [0, 0.1) is 5.92 Å². The maximum absolute atomic E-state index is 12.3. The number of nitrogens with zero attached hydrogens (tertiary/aromatic N) is 3. The van der Waals surface area contributed by atoms with Crippen molar-refractivity contribution in [2.24, 2.45) is 5.92 Å². The smallest absolute Gasteiger partial charge is 0.265 e. The van der Waals surface area contributed by atoms with Gasteiger partial charge in [-0.05, 0) is 44.1 Å². The molecule has 0 saturated heterocycles. The molecule has 1 aromatic carbocycles. The van der Waals surface area contributed by atoms with E-state index < -0.39 is 0 Å². The highest BCUT2D eigenvalue weighted by Gasteiger charge is 2.26. The fourth-order valence-corrected chi connectivity index (χ4v) is 3.36. The lowest BCUT2D eigenvalue weighted by Gasteiger charge is -2.31. The standard InChI is InChI=1S/C20H28N4O2/c1-5-8-23(4)12-16-10-21-22-20(16)15-6-7-18-17(9-15)24(11-14(2)3)19(25)13-26-18/h6-7,9-10,14H,5,8,11-13H2,1-4H3,(H,21,22). The number of aromatic nitrogens is 2. The Labute approximate surface area is 155 Å². The number of ether oxygens (including phenoxy) is 1.